The van der Waals surface area contributed by atoms with Crippen LogP contribution >= 0.6 is 15.9 Å². The van der Waals surface area contributed by atoms with E-state index < -0.39 is 23.1 Å². The fraction of sp³-hybridized carbons (Fsp3) is 0.133. The molecule has 3 nitrogen and oxygen atoms in total. The highest BCUT2D eigenvalue weighted by atomic mass is 79.9. The molecule has 0 unspecified atom stereocenters. The molecule has 0 atom stereocenters. The molecule has 2 N–H and O–H groups in total. The van der Waals surface area contributed by atoms with Crippen molar-refractivity contribution in [2.75, 3.05) is 5.32 Å². The number of nitrogens with one attached hydrogen (secondary N) is 1. The number of benzene rings is 2. The summed E-state index contributed by atoms with van der Waals surface area (Å²) in [6, 6.07) is 5.05. The first-order valence-electron chi connectivity index (χ1n) is 6.05. The van der Waals surface area contributed by atoms with Crippen LogP contribution in [-0.4, -0.2) is 11.0 Å². The van der Waals surface area contributed by atoms with E-state index in [1.54, 1.807) is 13.8 Å². The number of amides is 1. The average molecular weight is 356 g/mol. The maximum atomic E-state index is 13.7. The van der Waals surface area contributed by atoms with Crippen LogP contribution in [-0.2, 0) is 0 Å². The molecule has 0 saturated carbocycles. The van der Waals surface area contributed by atoms with E-state index in [0.717, 1.165) is 12.1 Å². The van der Waals surface area contributed by atoms with Crippen LogP contribution in [0.5, 0.6) is 5.75 Å². The number of halogens is 3. The molecule has 0 aliphatic rings. The van der Waals surface area contributed by atoms with Gasteiger partial charge in [0.1, 0.15) is 22.9 Å². The maximum Gasteiger partial charge on any atom is 0.261 e. The highest BCUT2D eigenvalue weighted by Gasteiger charge is 2.19. The summed E-state index contributed by atoms with van der Waals surface area (Å²) in [5.74, 6) is -2.70. The van der Waals surface area contributed by atoms with E-state index in [-0.39, 0.29) is 10.2 Å². The summed E-state index contributed by atoms with van der Waals surface area (Å²) in [5, 5.41) is 12.0. The normalized spacial score (nSPS) is 10.5. The van der Waals surface area contributed by atoms with Crippen molar-refractivity contribution in [2.45, 2.75) is 13.8 Å². The van der Waals surface area contributed by atoms with Crippen molar-refractivity contribution in [3.05, 3.63) is 57.1 Å². The molecule has 2 aromatic carbocycles. The monoisotopic (exact) mass is 355 g/mol. The van der Waals surface area contributed by atoms with Crippen molar-refractivity contribution < 1.29 is 18.7 Å². The molecular weight excluding hydrogens is 344 g/mol. The van der Waals surface area contributed by atoms with Crippen LogP contribution < -0.4 is 5.32 Å². The number of carbonyl (C=O) groups is 1. The number of phenolic OH excluding ortho intramolecular Hbond substituents is 1. The van der Waals surface area contributed by atoms with Gasteiger partial charge in [0.2, 0.25) is 0 Å². The summed E-state index contributed by atoms with van der Waals surface area (Å²) in [6.45, 7) is 3.33. The molecule has 2 aromatic rings. The Kier molecular flexibility index (Phi) is 4.27. The lowest BCUT2D eigenvalue weighted by Crippen LogP contribution is -2.16. The van der Waals surface area contributed by atoms with Gasteiger partial charge in [-0.25, -0.2) is 8.78 Å². The third kappa shape index (κ3) is 3.21. The first-order valence-corrected chi connectivity index (χ1v) is 6.85. The van der Waals surface area contributed by atoms with Gasteiger partial charge in [-0.2, -0.15) is 0 Å². The third-order valence-electron chi connectivity index (χ3n) is 3.03. The van der Waals surface area contributed by atoms with Crippen LogP contribution in [0, 0.1) is 25.5 Å². The molecule has 1 amide bonds. The summed E-state index contributed by atoms with van der Waals surface area (Å²) >= 11 is 2.95. The number of aromatic hydroxyl groups is 1. The van der Waals surface area contributed by atoms with E-state index in [9.17, 15) is 18.7 Å². The molecule has 0 radical (unpaired) electrons. The van der Waals surface area contributed by atoms with E-state index >= 15 is 0 Å². The summed E-state index contributed by atoms with van der Waals surface area (Å²) in [5.41, 5.74) is 0.873. The fourth-order valence-corrected chi connectivity index (χ4v) is 2.28. The number of phenols is 1. The van der Waals surface area contributed by atoms with Gasteiger partial charge >= 0.3 is 0 Å². The van der Waals surface area contributed by atoms with Gasteiger partial charge in [0.25, 0.3) is 5.91 Å². The lowest BCUT2D eigenvalue weighted by molar-refractivity contribution is 0.101. The first-order chi connectivity index (χ1) is 9.79. The van der Waals surface area contributed by atoms with Gasteiger partial charge in [0, 0.05) is 10.2 Å². The lowest BCUT2D eigenvalue weighted by Gasteiger charge is -2.11. The second-order valence-electron chi connectivity index (χ2n) is 4.65. The number of aryl methyl sites for hydroxylation is 2. The Morgan fingerprint density at radius 2 is 1.67 bits per heavy atom. The Hall–Kier alpha value is -1.95. The van der Waals surface area contributed by atoms with Crippen LogP contribution in [0.15, 0.2) is 28.7 Å². The zero-order chi connectivity index (χ0) is 15.7. The minimum atomic E-state index is -0.951. The largest absolute Gasteiger partial charge is 0.508 e. The van der Waals surface area contributed by atoms with Crippen molar-refractivity contribution in [3.8, 4) is 5.75 Å². The Labute approximate surface area is 128 Å². The van der Waals surface area contributed by atoms with E-state index in [4.69, 9.17) is 0 Å². The van der Waals surface area contributed by atoms with Crippen molar-refractivity contribution in [3.63, 3.8) is 0 Å². The molecule has 0 heterocycles. The van der Waals surface area contributed by atoms with E-state index in [1.165, 1.54) is 12.1 Å². The third-order valence-corrected chi connectivity index (χ3v) is 3.48. The van der Waals surface area contributed by atoms with Gasteiger partial charge < -0.3 is 10.4 Å². The first kappa shape index (κ1) is 15.4. The second kappa shape index (κ2) is 5.81. The van der Waals surface area contributed by atoms with Gasteiger partial charge in [-0.3, -0.25) is 4.79 Å². The summed E-state index contributed by atoms with van der Waals surface area (Å²) in [4.78, 5) is 12.0. The zero-order valence-electron chi connectivity index (χ0n) is 11.3. The number of hydrogen-bond acceptors (Lipinski definition) is 2. The Bertz CT molecular complexity index is 709. The van der Waals surface area contributed by atoms with E-state index in [2.05, 4.69) is 21.2 Å². The molecule has 0 bridgehead atoms. The standard InChI is InChI=1S/C15H12BrF2NO2/c1-7-4-13(20)8(2)3-12(7)19-15(21)14-10(17)5-9(16)6-11(14)18/h3-6,20H,1-2H3,(H,19,21). The van der Waals surface area contributed by atoms with Crippen LogP contribution in [0.4, 0.5) is 14.5 Å². The molecule has 0 aromatic heterocycles. The number of hydrogen-bond donors (Lipinski definition) is 2. The van der Waals surface area contributed by atoms with Crippen LogP contribution in [0.3, 0.4) is 0 Å². The Balaban J connectivity index is 2.37. The minimum absolute atomic E-state index is 0.0894. The Morgan fingerprint density at radius 3 is 2.24 bits per heavy atom. The van der Waals surface area contributed by atoms with E-state index in [0.29, 0.717) is 16.8 Å². The molecule has 0 saturated heterocycles. The van der Waals surface area contributed by atoms with Gasteiger partial charge in [-0.05, 0) is 49.2 Å². The smallest absolute Gasteiger partial charge is 0.261 e. The molecule has 0 aliphatic heterocycles. The van der Waals surface area contributed by atoms with Crippen molar-refractivity contribution in [1.82, 2.24) is 0 Å². The fourth-order valence-electron chi connectivity index (χ4n) is 1.88. The molecule has 0 fully saturated rings. The molecule has 0 aliphatic carbocycles. The molecular formula is C15H12BrF2NO2. The quantitative estimate of drug-likeness (QED) is 0.789. The van der Waals surface area contributed by atoms with Crippen molar-refractivity contribution >= 4 is 27.5 Å². The van der Waals surface area contributed by atoms with Gasteiger partial charge in [0.05, 0.1) is 0 Å². The number of carbonyl (C=O) groups excluding carboxylic acids is 1. The SMILES string of the molecule is Cc1cc(NC(=O)c2c(F)cc(Br)cc2F)c(C)cc1O. The van der Waals surface area contributed by atoms with Crippen LogP contribution in [0.25, 0.3) is 0 Å². The zero-order valence-corrected chi connectivity index (χ0v) is 12.9. The second-order valence-corrected chi connectivity index (χ2v) is 5.57. The molecule has 21 heavy (non-hydrogen) atoms. The van der Waals surface area contributed by atoms with E-state index in [1.807, 2.05) is 0 Å². The maximum absolute atomic E-state index is 13.7. The summed E-state index contributed by atoms with van der Waals surface area (Å²) in [7, 11) is 0. The lowest BCUT2D eigenvalue weighted by atomic mass is 10.1. The van der Waals surface area contributed by atoms with Gasteiger partial charge in [0.15, 0.2) is 0 Å². The minimum Gasteiger partial charge on any atom is -0.508 e. The topological polar surface area (TPSA) is 49.3 Å². The molecule has 110 valence electrons. The van der Waals surface area contributed by atoms with Gasteiger partial charge in [-0.15, -0.1) is 0 Å². The number of rotatable bonds is 2. The van der Waals surface area contributed by atoms with Gasteiger partial charge in [-0.1, -0.05) is 15.9 Å². The number of anilines is 1. The summed E-state index contributed by atoms with van der Waals surface area (Å²) < 4.78 is 27.7. The van der Waals surface area contributed by atoms with Crippen molar-refractivity contribution in [1.29, 1.82) is 0 Å². The molecule has 6 heteroatoms. The predicted octanol–water partition coefficient (Wildman–Crippen LogP) is 4.30. The Morgan fingerprint density at radius 1 is 1.10 bits per heavy atom. The van der Waals surface area contributed by atoms with Crippen LogP contribution in [0.2, 0.25) is 0 Å². The van der Waals surface area contributed by atoms with Crippen LogP contribution in [0.1, 0.15) is 21.5 Å². The molecule has 0 spiro atoms. The highest BCUT2D eigenvalue weighted by Crippen LogP contribution is 2.26. The average Bonchev–Trinajstić information content (AvgIpc) is 2.34. The van der Waals surface area contributed by atoms with Crippen molar-refractivity contribution in [2.24, 2.45) is 0 Å². The predicted molar refractivity (Wildman–Crippen MR) is 79.6 cm³/mol. The summed E-state index contributed by atoms with van der Waals surface area (Å²) in [6.07, 6.45) is 0. The molecule has 2 rings (SSSR count). The highest BCUT2D eigenvalue weighted by molar-refractivity contribution is 9.10.